The van der Waals surface area contributed by atoms with Gasteiger partial charge in [-0.15, -0.1) is 0 Å². The molecule has 0 aliphatic heterocycles. The minimum absolute atomic E-state index is 0.0658. The predicted octanol–water partition coefficient (Wildman–Crippen LogP) is -0.921. The number of nitrogens with one attached hydrogen (secondary N) is 2. The van der Waals surface area contributed by atoms with Crippen LogP contribution in [-0.4, -0.2) is 52.7 Å². The highest BCUT2D eigenvalue weighted by molar-refractivity contribution is 5.80. The number of esters is 1. The van der Waals surface area contributed by atoms with Crippen LogP contribution >= 0.6 is 0 Å². The van der Waals surface area contributed by atoms with Crippen LogP contribution in [0.4, 0.5) is 4.79 Å². The minimum Gasteiger partial charge on any atom is -0.468 e. The van der Waals surface area contributed by atoms with Gasteiger partial charge in [0.25, 0.3) is 0 Å². The largest absolute Gasteiger partial charge is 0.468 e. The highest BCUT2D eigenvalue weighted by atomic mass is 16.5. The molecule has 0 aromatic rings. The molecule has 15 heavy (non-hydrogen) atoms. The first-order valence-electron chi connectivity index (χ1n) is 4.36. The molecule has 0 bridgehead atoms. The van der Waals surface area contributed by atoms with Crippen molar-refractivity contribution in [3.63, 3.8) is 0 Å². The molecule has 0 aliphatic rings. The van der Waals surface area contributed by atoms with Crippen molar-refractivity contribution in [2.45, 2.75) is 0 Å². The maximum Gasteiger partial charge on any atom is 0.325 e. The number of hydrogen-bond donors (Lipinski definition) is 2. The third-order valence-corrected chi connectivity index (χ3v) is 1.39. The van der Waals surface area contributed by atoms with Gasteiger partial charge in [0.2, 0.25) is 0 Å². The molecule has 0 saturated heterocycles. The lowest BCUT2D eigenvalue weighted by molar-refractivity contribution is -0.139. The minimum atomic E-state index is -0.509. The van der Waals surface area contributed by atoms with E-state index in [0.29, 0.717) is 13.2 Å². The fourth-order valence-electron chi connectivity index (χ4n) is 0.618. The van der Waals surface area contributed by atoms with Crippen molar-refractivity contribution in [3.8, 4) is 0 Å². The van der Waals surface area contributed by atoms with Gasteiger partial charge in [0, 0.05) is 7.11 Å². The lowest BCUT2D eigenvalue weighted by atomic mass is 10.6. The summed E-state index contributed by atoms with van der Waals surface area (Å²) in [7, 11) is 2.80. The molecule has 7 nitrogen and oxygen atoms in total. The van der Waals surface area contributed by atoms with E-state index in [1.165, 1.54) is 7.11 Å². The number of rotatable bonds is 7. The van der Waals surface area contributed by atoms with E-state index in [9.17, 15) is 9.59 Å². The fourth-order valence-corrected chi connectivity index (χ4v) is 0.618. The molecule has 0 aromatic carbocycles. The van der Waals surface area contributed by atoms with E-state index < -0.39 is 12.0 Å². The summed E-state index contributed by atoms with van der Waals surface area (Å²) in [6.45, 7) is 0.760. The summed E-state index contributed by atoms with van der Waals surface area (Å²) >= 11 is 0. The van der Waals surface area contributed by atoms with Crippen molar-refractivity contribution in [1.82, 2.24) is 10.6 Å². The molecule has 0 heterocycles. The first kappa shape index (κ1) is 13.7. The molecular weight excluding hydrogens is 204 g/mol. The van der Waals surface area contributed by atoms with Crippen molar-refractivity contribution < 1.29 is 23.8 Å². The first-order chi connectivity index (χ1) is 7.20. The van der Waals surface area contributed by atoms with E-state index in [4.69, 9.17) is 9.47 Å². The fraction of sp³-hybridized carbons (Fsp3) is 0.750. The van der Waals surface area contributed by atoms with Crippen LogP contribution in [0.1, 0.15) is 0 Å². The van der Waals surface area contributed by atoms with Crippen molar-refractivity contribution in [3.05, 3.63) is 0 Å². The normalized spacial score (nSPS) is 9.47. The molecule has 0 saturated carbocycles. The van der Waals surface area contributed by atoms with E-state index in [-0.39, 0.29) is 13.3 Å². The SMILES string of the molecule is COCCOCNC(=O)NCC(=O)OC. The average Bonchev–Trinajstić information content (AvgIpc) is 2.25. The molecule has 88 valence electrons. The third kappa shape index (κ3) is 8.98. The van der Waals surface area contributed by atoms with Gasteiger partial charge in [0.05, 0.1) is 20.3 Å². The Balaban J connectivity index is 3.30. The molecule has 0 radical (unpaired) electrons. The number of hydrogen-bond acceptors (Lipinski definition) is 5. The zero-order chi connectivity index (χ0) is 11.5. The molecule has 0 atom stereocenters. The predicted molar refractivity (Wildman–Crippen MR) is 51.2 cm³/mol. The van der Waals surface area contributed by atoms with Crippen LogP contribution in [0.25, 0.3) is 0 Å². The smallest absolute Gasteiger partial charge is 0.325 e. The Hall–Kier alpha value is -1.34. The van der Waals surface area contributed by atoms with E-state index in [0.717, 1.165) is 0 Å². The second kappa shape index (κ2) is 9.22. The number of carbonyl (C=O) groups excluding carboxylic acids is 2. The Morgan fingerprint density at radius 3 is 2.47 bits per heavy atom. The summed E-state index contributed by atoms with van der Waals surface area (Å²) in [5.74, 6) is -0.509. The lowest BCUT2D eigenvalue weighted by Crippen LogP contribution is -2.39. The molecule has 7 heteroatoms. The third-order valence-electron chi connectivity index (χ3n) is 1.39. The van der Waals surface area contributed by atoms with Crippen LogP contribution in [0, 0.1) is 0 Å². The van der Waals surface area contributed by atoms with Crippen LogP contribution in [0.2, 0.25) is 0 Å². The highest BCUT2D eigenvalue weighted by Gasteiger charge is 2.03. The maximum atomic E-state index is 11.0. The number of ether oxygens (including phenoxy) is 3. The van der Waals surface area contributed by atoms with Gasteiger partial charge in [-0.1, -0.05) is 0 Å². The van der Waals surface area contributed by atoms with Crippen LogP contribution in [-0.2, 0) is 19.0 Å². The zero-order valence-corrected chi connectivity index (χ0v) is 8.87. The summed E-state index contributed by atoms with van der Waals surface area (Å²) < 4.78 is 14.0. The standard InChI is InChI=1S/C8H16N2O5/c1-13-3-4-15-6-10-8(12)9-5-7(11)14-2/h3-6H2,1-2H3,(H2,9,10,12). The maximum absolute atomic E-state index is 11.0. The van der Waals surface area contributed by atoms with E-state index in [1.807, 2.05) is 0 Å². The Morgan fingerprint density at radius 1 is 1.13 bits per heavy atom. The number of methoxy groups -OCH3 is 2. The Labute approximate surface area is 88.1 Å². The monoisotopic (exact) mass is 220 g/mol. The molecule has 0 aromatic heterocycles. The summed E-state index contributed by atoms with van der Waals surface area (Å²) in [6, 6.07) is -0.488. The Kier molecular flexibility index (Phi) is 8.40. The summed E-state index contributed by atoms with van der Waals surface area (Å²) in [6.07, 6.45) is 0. The van der Waals surface area contributed by atoms with E-state index >= 15 is 0 Å². The van der Waals surface area contributed by atoms with Crippen molar-refractivity contribution in [2.75, 3.05) is 40.7 Å². The van der Waals surface area contributed by atoms with Gasteiger partial charge in [0.15, 0.2) is 0 Å². The highest BCUT2D eigenvalue weighted by Crippen LogP contribution is 1.74. The second-order valence-corrected chi connectivity index (χ2v) is 2.48. The van der Waals surface area contributed by atoms with Gasteiger partial charge < -0.3 is 24.8 Å². The van der Waals surface area contributed by atoms with Crippen LogP contribution in [0.15, 0.2) is 0 Å². The summed E-state index contributed by atoms with van der Waals surface area (Å²) in [5, 5.41) is 4.67. The Morgan fingerprint density at radius 2 is 1.87 bits per heavy atom. The quantitative estimate of drug-likeness (QED) is 0.329. The molecule has 0 aliphatic carbocycles. The Bertz CT molecular complexity index is 197. The lowest BCUT2D eigenvalue weighted by Gasteiger charge is -2.07. The van der Waals surface area contributed by atoms with Crippen LogP contribution < -0.4 is 10.6 Å². The van der Waals surface area contributed by atoms with Gasteiger partial charge in [-0.25, -0.2) is 4.79 Å². The van der Waals surface area contributed by atoms with Gasteiger partial charge in [0.1, 0.15) is 13.3 Å². The van der Waals surface area contributed by atoms with Gasteiger partial charge >= 0.3 is 12.0 Å². The second-order valence-electron chi connectivity index (χ2n) is 2.48. The van der Waals surface area contributed by atoms with Crippen molar-refractivity contribution in [1.29, 1.82) is 0 Å². The van der Waals surface area contributed by atoms with E-state index in [1.54, 1.807) is 7.11 Å². The van der Waals surface area contributed by atoms with Gasteiger partial charge in [-0.05, 0) is 0 Å². The topological polar surface area (TPSA) is 85.9 Å². The zero-order valence-electron chi connectivity index (χ0n) is 8.87. The molecule has 0 rings (SSSR count). The van der Waals surface area contributed by atoms with Crippen molar-refractivity contribution in [2.24, 2.45) is 0 Å². The van der Waals surface area contributed by atoms with Crippen LogP contribution in [0.5, 0.6) is 0 Å². The number of urea groups is 1. The molecule has 0 fully saturated rings. The molecule has 0 spiro atoms. The summed E-state index contributed by atoms with van der Waals surface area (Å²) in [5.41, 5.74) is 0. The van der Waals surface area contributed by atoms with E-state index in [2.05, 4.69) is 15.4 Å². The van der Waals surface area contributed by atoms with Gasteiger partial charge in [-0.2, -0.15) is 0 Å². The number of amides is 2. The molecule has 0 unspecified atom stereocenters. The molecular formula is C8H16N2O5. The van der Waals surface area contributed by atoms with Gasteiger partial charge in [-0.3, -0.25) is 4.79 Å². The summed E-state index contributed by atoms with van der Waals surface area (Å²) in [4.78, 5) is 21.6. The molecule has 2 N–H and O–H groups in total. The first-order valence-corrected chi connectivity index (χ1v) is 4.36. The average molecular weight is 220 g/mol. The van der Waals surface area contributed by atoms with Crippen molar-refractivity contribution >= 4 is 12.0 Å². The molecule has 2 amide bonds. The van der Waals surface area contributed by atoms with Crippen LogP contribution in [0.3, 0.4) is 0 Å². The number of carbonyl (C=O) groups is 2.